The summed E-state index contributed by atoms with van der Waals surface area (Å²) in [6, 6.07) is 0. The number of hydrogen-bond acceptors (Lipinski definition) is 2. The second kappa shape index (κ2) is 4.03. The molecule has 0 fully saturated rings. The van der Waals surface area contributed by atoms with Crippen LogP contribution in [0, 0.1) is 0 Å². The molecule has 2 N–H and O–H groups in total. The molecule has 0 aliphatic rings. The van der Waals surface area contributed by atoms with Crippen LogP contribution in [0.5, 0.6) is 0 Å². The molecule has 0 unspecified atom stereocenters. The molecule has 0 saturated carbocycles. The van der Waals surface area contributed by atoms with Crippen molar-refractivity contribution in [2.75, 3.05) is 0 Å². The first-order chi connectivity index (χ1) is 4.57. The third-order valence-electron chi connectivity index (χ3n) is 0.850. The topological polar surface area (TPSA) is 40.5 Å². The van der Waals surface area contributed by atoms with E-state index in [-0.39, 0.29) is 5.47 Å². The normalized spacial score (nSPS) is 10.9. The summed E-state index contributed by atoms with van der Waals surface area (Å²) in [4.78, 5) is 0. The summed E-state index contributed by atoms with van der Waals surface area (Å²) in [7, 11) is -1.70. The molecule has 0 saturated heterocycles. The molecule has 0 aromatic rings. The van der Waals surface area contributed by atoms with Crippen LogP contribution < -0.4 is 0 Å². The maximum atomic E-state index is 12.2. The predicted octanol–water partition coefficient (Wildman–Crippen LogP) is 0.594. The van der Waals surface area contributed by atoms with Crippen LogP contribution in [0.25, 0.3) is 0 Å². The molecular formula is C6H8BFO2. The van der Waals surface area contributed by atoms with Gasteiger partial charge in [-0.25, -0.2) is 4.39 Å². The molecule has 4 heteroatoms. The molecule has 10 heavy (non-hydrogen) atoms. The summed E-state index contributed by atoms with van der Waals surface area (Å²) < 4.78 is 12.2. The van der Waals surface area contributed by atoms with Crippen LogP contribution in [0.4, 0.5) is 4.39 Å². The van der Waals surface area contributed by atoms with Crippen molar-refractivity contribution in [2.45, 2.75) is 0 Å². The van der Waals surface area contributed by atoms with Crippen LogP contribution in [0.2, 0.25) is 0 Å². The highest BCUT2D eigenvalue weighted by atomic mass is 19.1. The van der Waals surface area contributed by atoms with Gasteiger partial charge in [0.25, 0.3) is 0 Å². The molecule has 0 aromatic heterocycles. The van der Waals surface area contributed by atoms with E-state index in [1.807, 2.05) is 0 Å². The van der Waals surface area contributed by atoms with Crippen molar-refractivity contribution in [3.63, 3.8) is 0 Å². The zero-order valence-electron chi connectivity index (χ0n) is 5.42. The lowest BCUT2D eigenvalue weighted by Crippen LogP contribution is -2.12. The second-order valence-corrected chi connectivity index (χ2v) is 1.68. The minimum Gasteiger partial charge on any atom is -0.423 e. The van der Waals surface area contributed by atoms with Crippen LogP contribution in [-0.2, 0) is 0 Å². The van der Waals surface area contributed by atoms with Gasteiger partial charge in [0.1, 0.15) is 5.83 Å². The number of allylic oxidation sites excluding steroid dienone is 4. The van der Waals surface area contributed by atoms with E-state index in [2.05, 4.69) is 13.2 Å². The zero-order valence-corrected chi connectivity index (χ0v) is 5.42. The first kappa shape index (κ1) is 9.13. The van der Waals surface area contributed by atoms with Gasteiger partial charge in [0.2, 0.25) is 0 Å². The van der Waals surface area contributed by atoms with Gasteiger partial charge >= 0.3 is 7.12 Å². The molecule has 0 aliphatic carbocycles. The molecule has 0 radical (unpaired) electrons. The van der Waals surface area contributed by atoms with E-state index >= 15 is 0 Å². The molecule has 0 heterocycles. The van der Waals surface area contributed by atoms with Gasteiger partial charge in [-0.3, -0.25) is 0 Å². The fraction of sp³-hybridized carbons (Fsp3) is 0. The van der Waals surface area contributed by atoms with Gasteiger partial charge in [0.15, 0.2) is 0 Å². The standard InChI is InChI=1S/C6H8BFO2/c1-3-6(8)4-5(2)7(9)10/h3-4,9-10H,1-2H2/b6-4+. The van der Waals surface area contributed by atoms with Crippen LogP contribution in [0.3, 0.4) is 0 Å². The smallest absolute Gasteiger partial charge is 0.423 e. The second-order valence-electron chi connectivity index (χ2n) is 1.68. The van der Waals surface area contributed by atoms with Crippen LogP contribution >= 0.6 is 0 Å². The molecule has 0 atom stereocenters. The van der Waals surface area contributed by atoms with Gasteiger partial charge in [-0.15, -0.1) is 0 Å². The number of halogens is 1. The van der Waals surface area contributed by atoms with Crippen molar-refractivity contribution in [2.24, 2.45) is 0 Å². The zero-order chi connectivity index (χ0) is 8.15. The maximum absolute atomic E-state index is 12.2. The Balaban J connectivity index is 4.13. The van der Waals surface area contributed by atoms with E-state index in [4.69, 9.17) is 10.0 Å². The summed E-state index contributed by atoms with van der Waals surface area (Å²) in [5, 5.41) is 16.8. The fourth-order valence-corrected chi connectivity index (χ4v) is 0.311. The molecule has 0 aliphatic heterocycles. The fourth-order valence-electron chi connectivity index (χ4n) is 0.311. The van der Waals surface area contributed by atoms with Crippen molar-refractivity contribution in [1.29, 1.82) is 0 Å². The lowest BCUT2D eigenvalue weighted by molar-refractivity contribution is 0.420. The van der Waals surface area contributed by atoms with E-state index in [0.29, 0.717) is 0 Å². The van der Waals surface area contributed by atoms with Crippen molar-refractivity contribution in [3.05, 3.63) is 36.6 Å². The van der Waals surface area contributed by atoms with Crippen molar-refractivity contribution in [3.8, 4) is 0 Å². The maximum Gasteiger partial charge on any atom is 0.487 e. The lowest BCUT2D eigenvalue weighted by atomic mass is 9.80. The van der Waals surface area contributed by atoms with E-state index in [1.165, 1.54) is 0 Å². The highest BCUT2D eigenvalue weighted by Gasteiger charge is 2.09. The van der Waals surface area contributed by atoms with Gasteiger partial charge in [0.05, 0.1) is 0 Å². The van der Waals surface area contributed by atoms with Crippen LogP contribution in [0.1, 0.15) is 0 Å². The van der Waals surface area contributed by atoms with Crippen LogP contribution in [-0.4, -0.2) is 17.2 Å². The first-order valence-corrected chi connectivity index (χ1v) is 2.62. The van der Waals surface area contributed by atoms with E-state index in [0.717, 1.165) is 12.2 Å². The van der Waals surface area contributed by atoms with Crippen molar-refractivity contribution < 1.29 is 14.4 Å². The third-order valence-corrected chi connectivity index (χ3v) is 0.850. The minimum atomic E-state index is -1.70. The van der Waals surface area contributed by atoms with E-state index in [9.17, 15) is 4.39 Å². The predicted molar refractivity (Wildman–Crippen MR) is 38.7 cm³/mol. The quantitative estimate of drug-likeness (QED) is 0.447. The Labute approximate surface area is 59.1 Å². The Hall–Kier alpha value is -0.865. The van der Waals surface area contributed by atoms with Crippen molar-refractivity contribution in [1.82, 2.24) is 0 Å². The average molecular weight is 142 g/mol. The number of rotatable bonds is 3. The third kappa shape index (κ3) is 3.22. The Morgan fingerprint density at radius 1 is 1.50 bits per heavy atom. The Bertz CT molecular complexity index is 175. The highest BCUT2D eigenvalue weighted by molar-refractivity contribution is 6.51. The minimum absolute atomic E-state index is 0.0996. The molecule has 0 spiro atoms. The van der Waals surface area contributed by atoms with Crippen LogP contribution in [0.15, 0.2) is 36.6 Å². The largest absolute Gasteiger partial charge is 0.487 e. The van der Waals surface area contributed by atoms with Gasteiger partial charge < -0.3 is 10.0 Å². The van der Waals surface area contributed by atoms with E-state index < -0.39 is 12.9 Å². The average Bonchev–Trinajstić information content (AvgIpc) is 1.87. The summed E-state index contributed by atoms with van der Waals surface area (Å²) in [6.45, 7) is 6.30. The highest BCUT2D eigenvalue weighted by Crippen LogP contribution is 2.03. The molecule has 0 rings (SSSR count). The molecule has 54 valence electrons. The first-order valence-electron chi connectivity index (χ1n) is 2.62. The Kier molecular flexibility index (Phi) is 3.68. The van der Waals surface area contributed by atoms with Gasteiger partial charge in [-0.1, -0.05) is 13.2 Å². The SMILES string of the molecule is C=C/C(F)=C\C(=C)B(O)O. The van der Waals surface area contributed by atoms with E-state index in [1.54, 1.807) is 0 Å². The molecule has 2 nitrogen and oxygen atoms in total. The molecule has 0 aromatic carbocycles. The lowest BCUT2D eigenvalue weighted by Gasteiger charge is -1.94. The van der Waals surface area contributed by atoms with Crippen molar-refractivity contribution >= 4 is 7.12 Å². The molecule has 0 bridgehead atoms. The van der Waals surface area contributed by atoms with Gasteiger partial charge in [-0.05, 0) is 17.6 Å². The molecular weight excluding hydrogens is 134 g/mol. The summed E-state index contributed by atoms with van der Waals surface area (Å²) in [5.74, 6) is -0.641. The van der Waals surface area contributed by atoms with Gasteiger partial charge in [-0.2, -0.15) is 0 Å². The summed E-state index contributed by atoms with van der Waals surface area (Å²) in [6.07, 6.45) is 1.85. The summed E-state index contributed by atoms with van der Waals surface area (Å²) in [5.41, 5.74) is -0.0996. The molecule has 0 amide bonds. The summed E-state index contributed by atoms with van der Waals surface area (Å²) >= 11 is 0. The monoisotopic (exact) mass is 142 g/mol. The number of hydrogen-bond donors (Lipinski definition) is 2. The Morgan fingerprint density at radius 3 is 2.30 bits per heavy atom. The van der Waals surface area contributed by atoms with Gasteiger partial charge in [0, 0.05) is 0 Å². The Morgan fingerprint density at radius 2 is 2.00 bits per heavy atom.